The lowest BCUT2D eigenvalue weighted by Crippen LogP contribution is -2.13. The molecular weight excluding hydrogens is 448 g/mol. The number of carbonyl (C=O) groups excluding carboxylic acids is 1. The van der Waals surface area contributed by atoms with Gasteiger partial charge in [0.15, 0.2) is 11.5 Å². The molecule has 168 valence electrons. The average Bonchev–Trinajstić information content (AvgIpc) is 3.36. The third-order valence-corrected chi connectivity index (χ3v) is 6.19. The first-order chi connectivity index (χ1) is 16.7. The Balaban J connectivity index is 1.52. The van der Waals surface area contributed by atoms with Gasteiger partial charge in [-0.15, -0.1) is 10.2 Å². The van der Waals surface area contributed by atoms with Gasteiger partial charge in [-0.3, -0.25) is 10.1 Å². The number of rotatable bonds is 6. The molecular formula is C26H20N4O3S. The number of para-hydroxylation sites is 1. The maximum atomic E-state index is 13.3. The number of hydrogen-bond acceptors (Lipinski definition) is 7. The zero-order valence-electron chi connectivity index (χ0n) is 18.5. The maximum absolute atomic E-state index is 13.3. The van der Waals surface area contributed by atoms with Crippen molar-refractivity contribution < 1.29 is 14.3 Å². The molecule has 34 heavy (non-hydrogen) atoms. The largest absolute Gasteiger partial charge is 0.493 e. The predicted molar refractivity (Wildman–Crippen MR) is 134 cm³/mol. The standard InChI is InChI=1S/C26H20N4O3S/c1-32-22-13-12-17(14-23(22)33-2)21-15-19(18-10-6-7-11-20(18)27-21)24(31)28-26-30-29-25(34-26)16-8-4-3-5-9-16/h3-15H,1-2H3,(H,28,30,31). The third kappa shape index (κ3) is 4.18. The lowest BCUT2D eigenvalue weighted by Gasteiger charge is -2.12. The Labute approximate surface area is 200 Å². The van der Waals surface area contributed by atoms with Crippen LogP contribution in [0.5, 0.6) is 11.5 Å². The molecule has 5 rings (SSSR count). The molecule has 5 aromatic rings. The van der Waals surface area contributed by atoms with E-state index in [2.05, 4.69) is 15.5 Å². The van der Waals surface area contributed by atoms with Crippen molar-refractivity contribution in [1.29, 1.82) is 0 Å². The summed E-state index contributed by atoms with van der Waals surface area (Å²) in [6.07, 6.45) is 0. The molecule has 1 amide bonds. The van der Waals surface area contributed by atoms with Crippen LogP contribution in [0.4, 0.5) is 5.13 Å². The Hall–Kier alpha value is -4.30. The predicted octanol–water partition coefficient (Wildman–Crippen LogP) is 5.69. The second-order valence-electron chi connectivity index (χ2n) is 7.37. The summed E-state index contributed by atoms with van der Waals surface area (Å²) in [5, 5.41) is 13.2. The van der Waals surface area contributed by atoms with Crippen LogP contribution in [-0.4, -0.2) is 35.3 Å². The second-order valence-corrected chi connectivity index (χ2v) is 8.35. The van der Waals surface area contributed by atoms with E-state index in [1.54, 1.807) is 20.3 Å². The van der Waals surface area contributed by atoms with Crippen LogP contribution in [0.2, 0.25) is 0 Å². The van der Waals surface area contributed by atoms with E-state index < -0.39 is 0 Å². The third-order valence-electron chi connectivity index (χ3n) is 5.31. The van der Waals surface area contributed by atoms with Gasteiger partial charge >= 0.3 is 0 Å². The van der Waals surface area contributed by atoms with Crippen LogP contribution in [-0.2, 0) is 0 Å². The summed E-state index contributed by atoms with van der Waals surface area (Å²) in [5.41, 5.74) is 3.60. The molecule has 7 nitrogen and oxygen atoms in total. The number of aromatic nitrogens is 3. The van der Waals surface area contributed by atoms with Gasteiger partial charge in [0, 0.05) is 16.5 Å². The molecule has 0 bridgehead atoms. The van der Waals surface area contributed by atoms with E-state index in [4.69, 9.17) is 14.5 Å². The van der Waals surface area contributed by atoms with Gasteiger partial charge in [-0.25, -0.2) is 4.98 Å². The fourth-order valence-corrected chi connectivity index (χ4v) is 4.39. The minimum Gasteiger partial charge on any atom is -0.493 e. The first-order valence-electron chi connectivity index (χ1n) is 10.5. The Morgan fingerprint density at radius 3 is 2.38 bits per heavy atom. The monoisotopic (exact) mass is 468 g/mol. The molecule has 8 heteroatoms. The smallest absolute Gasteiger partial charge is 0.258 e. The minimum absolute atomic E-state index is 0.281. The normalized spacial score (nSPS) is 10.8. The molecule has 0 aliphatic rings. The molecule has 0 fully saturated rings. The van der Waals surface area contributed by atoms with Crippen LogP contribution in [0.3, 0.4) is 0 Å². The Morgan fingerprint density at radius 1 is 0.824 bits per heavy atom. The van der Waals surface area contributed by atoms with Gasteiger partial charge in [0.05, 0.1) is 31.0 Å². The van der Waals surface area contributed by atoms with Crippen LogP contribution in [0.15, 0.2) is 78.9 Å². The number of nitrogens with zero attached hydrogens (tertiary/aromatic N) is 3. The van der Waals surface area contributed by atoms with Crippen molar-refractivity contribution in [2.24, 2.45) is 0 Å². The van der Waals surface area contributed by atoms with E-state index in [-0.39, 0.29) is 5.91 Å². The van der Waals surface area contributed by atoms with Crippen molar-refractivity contribution >= 4 is 33.3 Å². The van der Waals surface area contributed by atoms with E-state index in [1.807, 2.05) is 72.8 Å². The number of anilines is 1. The lowest BCUT2D eigenvalue weighted by molar-refractivity contribution is 0.102. The van der Waals surface area contributed by atoms with Crippen molar-refractivity contribution in [3.05, 3.63) is 84.4 Å². The highest BCUT2D eigenvalue weighted by Gasteiger charge is 2.17. The molecule has 0 spiro atoms. The van der Waals surface area contributed by atoms with Crippen LogP contribution < -0.4 is 14.8 Å². The summed E-state index contributed by atoms with van der Waals surface area (Å²) in [5.74, 6) is 0.926. The number of carbonyl (C=O) groups is 1. The van der Waals surface area contributed by atoms with Crippen molar-refractivity contribution in [2.75, 3.05) is 19.5 Å². The number of benzene rings is 3. The lowest BCUT2D eigenvalue weighted by atomic mass is 10.0. The zero-order valence-corrected chi connectivity index (χ0v) is 19.3. The highest BCUT2D eigenvalue weighted by Crippen LogP contribution is 2.33. The van der Waals surface area contributed by atoms with E-state index >= 15 is 0 Å². The quantitative estimate of drug-likeness (QED) is 0.345. The summed E-state index contributed by atoms with van der Waals surface area (Å²) in [6.45, 7) is 0. The molecule has 1 N–H and O–H groups in total. The number of amides is 1. The molecule has 0 aliphatic heterocycles. The molecule has 2 heterocycles. The molecule has 0 radical (unpaired) electrons. The molecule has 2 aromatic heterocycles. The summed E-state index contributed by atoms with van der Waals surface area (Å²) >= 11 is 1.32. The van der Waals surface area contributed by atoms with Gasteiger partial charge in [0.2, 0.25) is 5.13 Å². The van der Waals surface area contributed by atoms with E-state index in [1.165, 1.54) is 11.3 Å². The molecule has 0 atom stereocenters. The minimum atomic E-state index is -0.281. The topological polar surface area (TPSA) is 86.2 Å². The Bertz CT molecular complexity index is 1480. The number of fused-ring (bicyclic) bond motifs is 1. The van der Waals surface area contributed by atoms with Crippen molar-refractivity contribution in [3.63, 3.8) is 0 Å². The number of ether oxygens (including phenoxy) is 2. The Morgan fingerprint density at radius 2 is 1.59 bits per heavy atom. The summed E-state index contributed by atoms with van der Waals surface area (Å²) < 4.78 is 10.8. The molecule has 3 aromatic carbocycles. The zero-order chi connectivity index (χ0) is 23.5. The van der Waals surface area contributed by atoms with E-state index in [9.17, 15) is 4.79 Å². The summed E-state index contributed by atoms with van der Waals surface area (Å²) in [7, 11) is 3.17. The van der Waals surface area contributed by atoms with Crippen molar-refractivity contribution in [2.45, 2.75) is 0 Å². The number of nitrogens with one attached hydrogen (secondary N) is 1. The number of pyridine rings is 1. The van der Waals surface area contributed by atoms with Gasteiger partial charge in [-0.2, -0.15) is 0 Å². The highest BCUT2D eigenvalue weighted by atomic mass is 32.1. The summed E-state index contributed by atoms with van der Waals surface area (Å²) in [4.78, 5) is 18.1. The summed E-state index contributed by atoms with van der Waals surface area (Å²) in [6, 6.07) is 24.6. The second kappa shape index (κ2) is 9.29. The van der Waals surface area contributed by atoms with Crippen LogP contribution >= 0.6 is 11.3 Å². The van der Waals surface area contributed by atoms with Gasteiger partial charge in [0.1, 0.15) is 5.01 Å². The highest BCUT2D eigenvalue weighted by molar-refractivity contribution is 7.18. The average molecular weight is 469 g/mol. The molecule has 0 saturated heterocycles. The Kier molecular flexibility index (Phi) is 5.88. The fourth-order valence-electron chi connectivity index (χ4n) is 3.64. The van der Waals surface area contributed by atoms with Crippen LogP contribution in [0, 0.1) is 0 Å². The number of methoxy groups -OCH3 is 2. The van der Waals surface area contributed by atoms with Gasteiger partial charge in [0.25, 0.3) is 5.91 Å². The van der Waals surface area contributed by atoms with E-state index in [0.29, 0.717) is 33.4 Å². The SMILES string of the molecule is COc1ccc(-c2cc(C(=O)Nc3nnc(-c4ccccc4)s3)c3ccccc3n2)cc1OC. The molecule has 0 saturated carbocycles. The van der Waals surface area contributed by atoms with Gasteiger partial charge in [-0.1, -0.05) is 59.9 Å². The number of hydrogen-bond donors (Lipinski definition) is 1. The first kappa shape index (κ1) is 21.5. The van der Waals surface area contributed by atoms with E-state index in [0.717, 1.165) is 21.5 Å². The van der Waals surface area contributed by atoms with Gasteiger partial charge < -0.3 is 9.47 Å². The van der Waals surface area contributed by atoms with Gasteiger partial charge in [-0.05, 0) is 30.3 Å². The van der Waals surface area contributed by atoms with Crippen molar-refractivity contribution in [3.8, 4) is 33.3 Å². The molecule has 0 aliphatic carbocycles. The fraction of sp³-hybridized carbons (Fsp3) is 0.0769. The van der Waals surface area contributed by atoms with Crippen LogP contribution in [0.25, 0.3) is 32.7 Å². The van der Waals surface area contributed by atoms with Crippen molar-refractivity contribution in [1.82, 2.24) is 15.2 Å². The van der Waals surface area contributed by atoms with Crippen LogP contribution in [0.1, 0.15) is 10.4 Å². The maximum Gasteiger partial charge on any atom is 0.258 e. The first-order valence-corrected chi connectivity index (χ1v) is 11.3. The molecule has 0 unspecified atom stereocenters.